The lowest BCUT2D eigenvalue weighted by Crippen LogP contribution is -2.62. The van der Waals surface area contributed by atoms with Gasteiger partial charge in [0.15, 0.2) is 0 Å². The highest BCUT2D eigenvalue weighted by molar-refractivity contribution is 7.12. The minimum absolute atomic E-state index is 0.0820. The van der Waals surface area contributed by atoms with E-state index in [9.17, 15) is 14.4 Å². The van der Waals surface area contributed by atoms with Crippen molar-refractivity contribution in [3.05, 3.63) is 27.5 Å². The van der Waals surface area contributed by atoms with Gasteiger partial charge in [0, 0.05) is 21.8 Å². The van der Waals surface area contributed by atoms with Crippen LogP contribution in [0, 0.1) is 6.92 Å². The molecule has 28 heavy (non-hydrogen) atoms. The smallest absolute Gasteiger partial charge is 0.268 e. The van der Waals surface area contributed by atoms with E-state index >= 15 is 0 Å². The number of amides is 4. The molecule has 1 aromatic rings. The van der Waals surface area contributed by atoms with Crippen molar-refractivity contribution in [1.82, 2.24) is 9.80 Å². The molecule has 0 N–H and O–H groups in total. The Kier molecular flexibility index (Phi) is 5.67. The predicted octanol–water partition coefficient (Wildman–Crippen LogP) is 4.90. The molecule has 0 unspecified atom stereocenters. The molecule has 150 valence electrons. The van der Waals surface area contributed by atoms with Gasteiger partial charge in [-0.05, 0) is 50.8 Å². The summed E-state index contributed by atoms with van der Waals surface area (Å²) in [6.07, 6.45) is 11.5. The monoisotopic (exact) mass is 400 g/mol. The summed E-state index contributed by atoms with van der Waals surface area (Å²) < 4.78 is 0. The van der Waals surface area contributed by atoms with E-state index in [4.69, 9.17) is 0 Å². The van der Waals surface area contributed by atoms with E-state index in [0.717, 1.165) is 74.0 Å². The molecule has 2 aliphatic carbocycles. The van der Waals surface area contributed by atoms with Crippen LogP contribution in [0.5, 0.6) is 0 Å². The summed E-state index contributed by atoms with van der Waals surface area (Å²) in [5, 5.41) is 0. The molecule has 5 nitrogen and oxygen atoms in total. The fourth-order valence-corrected chi connectivity index (χ4v) is 5.58. The molecule has 6 heteroatoms. The van der Waals surface area contributed by atoms with E-state index in [0.29, 0.717) is 0 Å². The molecule has 4 rings (SSSR count). The van der Waals surface area contributed by atoms with E-state index in [-0.39, 0.29) is 23.7 Å². The van der Waals surface area contributed by atoms with Crippen LogP contribution < -0.4 is 0 Å². The largest absolute Gasteiger partial charge is 0.334 e. The second-order valence-electron chi connectivity index (χ2n) is 8.22. The highest BCUT2D eigenvalue weighted by atomic mass is 32.1. The predicted molar refractivity (Wildman–Crippen MR) is 110 cm³/mol. The highest BCUT2D eigenvalue weighted by Crippen LogP contribution is 2.33. The molecule has 0 spiro atoms. The van der Waals surface area contributed by atoms with E-state index in [2.05, 4.69) is 0 Å². The molecule has 0 aromatic carbocycles. The zero-order valence-corrected chi connectivity index (χ0v) is 17.3. The van der Waals surface area contributed by atoms with Gasteiger partial charge in [-0.15, -0.1) is 11.3 Å². The molecular weight excluding hydrogens is 372 g/mol. The van der Waals surface area contributed by atoms with Crippen molar-refractivity contribution in [1.29, 1.82) is 0 Å². The van der Waals surface area contributed by atoms with Gasteiger partial charge in [-0.25, -0.2) is 4.79 Å². The number of rotatable bonds is 3. The summed E-state index contributed by atoms with van der Waals surface area (Å²) in [6.45, 7) is 2.00. The Morgan fingerprint density at radius 1 is 0.821 bits per heavy atom. The van der Waals surface area contributed by atoms with Crippen LogP contribution in [-0.2, 0) is 9.59 Å². The summed E-state index contributed by atoms with van der Waals surface area (Å²) in [6, 6.07) is 3.37. The molecular formula is C22H28N2O3S. The average molecular weight is 401 g/mol. The lowest BCUT2D eigenvalue weighted by atomic mass is 9.91. The summed E-state index contributed by atoms with van der Waals surface area (Å²) >= 11 is 1.56. The molecule has 1 saturated heterocycles. The van der Waals surface area contributed by atoms with Crippen LogP contribution in [0.2, 0.25) is 0 Å². The number of carbonyl (C=O) groups excluding carboxylic acids is 3. The van der Waals surface area contributed by atoms with Gasteiger partial charge in [0.25, 0.3) is 11.8 Å². The third kappa shape index (κ3) is 3.66. The average Bonchev–Trinajstić information content (AvgIpc) is 3.12. The Labute approximate surface area is 170 Å². The number of barbiturate groups is 1. The molecule has 1 aliphatic heterocycles. The third-order valence-corrected chi connectivity index (χ3v) is 7.19. The molecule has 2 saturated carbocycles. The van der Waals surface area contributed by atoms with Gasteiger partial charge in [0.05, 0.1) is 0 Å². The van der Waals surface area contributed by atoms with E-state index in [1.165, 1.54) is 9.80 Å². The number of imide groups is 2. The first-order chi connectivity index (χ1) is 13.6. The van der Waals surface area contributed by atoms with Crippen LogP contribution in [0.25, 0.3) is 6.08 Å². The normalized spacial score (nSPS) is 22.9. The number of hydrogen-bond acceptors (Lipinski definition) is 4. The van der Waals surface area contributed by atoms with E-state index in [1.807, 2.05) is 19.1 Å². The molecule has 1 aromatic heterocycles. The summed E-state index contributed by atoms with van der Waals surface area (Å²) in [7, 11) is 0. The Morgan fingerprint density at radius 2 is 1.32 bits per heavy atom. The zero-order chi connectivity index (χ0) is 19.7. The minimum atomic E-state index is -0.403. The van der Waals surface area contributed by atoms with Crippen molar-refractivity contribution in [3.63, 3.8) is 0 Å². The number of aryl methyl sites for hydroxylation is 1. The van der Waals surface area contributed by atoms with Gasteiger partial charge in [0.1, 0.15) is 5.57 Å². The number of thiophene rings is 1. The van der Waals surface area contributed by atoms with Crippen molar-refractivity contribution in [2.45, 2.75) is 83.2 Å². The van der Waals surface area contributed by atoms with Crippen molar-refractivity contribution in [3.8, 4) is 0 Å². The maximum absolute atomic E-state index is 13.3. The number of urea groups is 1. The molecule has 0 radical (unpaired) electrons. The molecule has 3 aliphatic rings. The lowest BCUT2D eigenvalue weighted by molar-refractivity contribution is -0.139. The third-order valence-electron chi connectivity index (χ3n) is 6.24. The maximum atomic E-state index is 13.3. The first-order valence-electron chi connectivity index (χ1n) is 10.6. The van der Waals surface area contributed by atoms with Crippen LogP contribution in [0.4, 0.5) is 4.79 Å². The van der Waals surface area contributed by atoms with Gasteiger partial charge in [-0.3, -0.25) is 19.4 Å². The summed E-state index contributed by atoms with van der Waals surface area (Å²) in [5.41, 5.74) is 0.151. The number of nitrogens with zero attached hydrogens (tertiary/aromatic N) is 2. The van der Waals surface area contributed by atoms with E-state index < -0.39 is 11.8 Å². The first kappa shape index (κ1) is 19.4. The lowest BCUT2D eigenvalue weighted by Gasteiger charge is -2.43. The van der Waals surface area contributed by atoms with Gasteiger partial charge in [0.2, 0.25) is 0 Å². The van der Waals surface area contributed by atoms with Gasteiger partial charge < -0.3 is 0 Å². The van der Waals surface area contributed by atoms with Crippen LogP contribution in [0.1, 0.15) is 74.0 Å². The van der Waals surface area contributed by atoms with Crippen LogP contribution in [0.15, 0.2) is 17.7 Å². The topological polar surface area (TPSA) is 57.7 Å². The summed E-state index contributed by atoms with van der Waals surface area (Å²) in [4.78, 5) is 44.7. The number of carbonyl (C=O) groups is 3. The van der Waals surface area contributed by atoms with Crippen molar-refractivity contribution in [2.24, 2.45) is 0 Å². The fraction of sp³-hybridized carbons (Fsp3) is 0.591. The Bertz CT molecular complexity index is 758. The second-order valence-corrected chi connectivity index (χ2v) is 9.54. The molecule has 2 heterocycles. The zero-order valence-electron chi connectivity index (χ0n) is 16.5. The van der Waals surface area contributed by atoms with Crippen molar-refractivity contribution in [2.75, 3.05) is 0 Å². The van der Waals surface area contributed by atoms with Gasteiger partial charge >= 0.3 is 6.03 Å². The SMILES string of the molecule is Cc1ccc(C=C2C(=O)N(C3CCCCC3)C(=O)N(C3CCCCC3)C2=O)s1. The van der Waals surface area contributed by atoms with Crippen LogP contribution in [0.3, 0.4) is 0 Å². The van der Waals surface area contributed by atoms with Gasteiger partial charge in [-0.2, -0.15) is 0 Å². The molecule has 0 atom stereocenters. The van der Waals surface area contributed by atoms with Crippen LogP contribution >= 0.6 is 11.3 Å². The molecule has 0 bridgehead atoms. The van der Waals surface area contributed by atoms with E-state index in [1.54, 1.807) is 17.4 Å². The van der Waals surface area contributed by atoms with Crippen molar-refractivity contribution < 1.29 is 14.4 Å². The Balaban J connectivity index is 1.72. The second kappa shape index (κ2) is 8.19. The first-order valence-corrected chi connectivity index (χ1v) is 11.4. The van der Waals surface area contributed by atoms with Gasteiger partial charge in [-0.1, -0.05) is 38.5 Å². The maximum Gasteiger partial charge on any atom is 0.334 e. The highest BCUT2D eigenvalue weighted by Gasteiger charge is 2.47. The minimum Gasteiger partial charge on any atom is -0.268 e. The molecule has 4 amide bonds. The number of hydrogen-bond donors (Lipinski definition) is 0. The molecule has 3 fully saturated rings. The quantitative estimate of drug-likeness (QED) is 0.536. The van der Waals surface area contributed by atoms with Crippen LogP contribution in [-0.4, -0.2) is 39.7 Å². The standard InChI is InChI=1S/C22H28N2O3S/c1-15-12-13-18(28-15)14-19-20(25)23(16-8-4-2-5-9-16)22(27)24(21(19)26)17-10-6-3-7-11-17/h12-14,16-17H,2-11H2,1H3. The summed E-state index contributed by atoms with van der Waals surface area (Å²) in [5.74, 6) is -0.806. The Morgan fingerprint density at radius 3 is 1.75 bits per heavy atom. The fourth-order valence-electron chi connectivity index (χ4n) is 4.76. The van der Waals surface area contributed by atoms with Crippen molar-refractivity contribution >= 4 is 35.3 Å². The Hall–Kier alpha value is -1.95.